The predicted molar refractivity (Wildman–Crippen MR) is 72.6 cm³/mol. The summed E-state index contributed by atoms with van der Waals surface area (Å²) in [4.78, 5) is 14.1. The van der Waals surface area contributed by atoms with E-state index in [4.69, 9.17) is 10.5 Å². The summed E-state index contributed by atoms with van der Waals surface area (Å²) in [7, 11) is 1.65. The van der Waals surface area contributed by atoms with Crippen LogP contribution in [0, 0.1) is 0 Å². The molecule has 1 aromatic carbocycles. The molecule has 0 spiro atoms. The second-order valence-electron chi connectivity index (χ2n) is 4.80. The second-order valence-corrected chi connectivity index (χ2v) is 4.80. The van der Waals surface area contributed by atoms with Gasteiger partial charge >= 0.3 is 0 Å². The van der Waals surface area contributed by atoms with Crippen LogP contribution in [0.3, 0.4) is 0 Å². The van der Waals surface area contributed by atoms with Gasteiger partial charge in [-0.05, 0) is 43.5 Å². The summed E-state index contributed by atoms with van der Waals surface area (Å²) in [5.41, 5.74) is 8.72. The fraction of sp³-hybridized carbons (Fsp3) is 0.500. The molecule has 1 atom stereocenters. The number of anilines is 2. The second kappa shape index (κ2) is 5.40. The Morgan fingerprint density at radius 2 is 2.33 bits per heavy atom. The monoisotopic (exact) mass is 248 g/mol. The van der Waals surface area contributed by atoms with E-state index in [9.17, 15) is 4.79 Å². The highest BCUT2D eigenvalue weighted by atomic mass is 16.5. The fourth-order valence-electron chi connectivity index (χ4n) is 2.52. The van der Waals surface area contributed by atoms with E-state index >= 15 is 0 Å². The highest BCUT2D eigenvalue weighted by Crippen LogP contribution is 2.33. The van der Waals surface area contributed by atoms with E-state index in [1.165, 1.54) is 5.56 Å². The lowest BCUT2D eigenvalue weighted by Gasteiger charge is -2.22. The number of nitrogen functional groups attached to an aromatic ring is 1. The van der Waals surface area contributed by atoms with Crippen LogP contribution in [0.2, 0.25) is 0 Å². The van der Waals surface area contributed by atoms with Crippen LogP contribution in [0.25, 0.3) is 0 Å². The quantitative estimate of drug-likeness (QED) is 0.654. The zero-order valence-electron chi connectivity index (χ0n) is 11.0. The molecule has 0 aromatic heterocycles. The van der Waals surface area contributed by atoms with E-state index < -0.39 is 0 Å². The van der Waals surface area contributed by atoms with Crippen molar-refractivity contribution in [1.29, 1.82) is 0 Å². The molecule has 0 fully saturated rings. The summed E-state index contributed by atoms with van der Waals surface area (Å²) in [6.45, 7) is 2.70. The Kier molecular flexibility index (Phi) is 3.87. The molecule has 0 bridgehead atoms. The van der Waals surface area contributed by atoms with Crippen molar-refractivity contribution in [3.63, 3.8) is 0 Å². The third-order valence-electron chi connectivity index (χ3n) is 3.33. The molecule has 2 N–H and O–H groups in total. The van der Waals surface area contributed by atoms with Gasteiger partial charge in [-0.1, -0.05) is 0 Å². The molecule has 1 unspecified atom stereocenters. The molecule has 98 valence electrons. The molecule has 1 aliphatic rings. The van der Waals surface area contributed by atoms with Crippen LogP contribution in [-0.4, -0.2) is 25.7 Å². The predicted octanol–water partition coefficient (Wildman–Crippen LogP) is 1.97. The van der Waals surface area contributed by atoms with E-state index in [-0.39, 0.29) is 11.9 Å². The number of carbonyl (C=O) groups excluding carboxylic acids is 1. The van der Waals surface area contributed by atoms with E-state index in [1.54, 1.807) is 7.11 Å². The Hall–Kier alpha value is -1.55. The number of nitrogens with two attached hydrogens (primary N) is 1. The van der Waals surface area contributed by atoms with E-state index in [2.05, 4.69) is 6.92 Å². The van der Waals surface area contributed by atoms with Crippen molar-refractivity contribution in [3.8, 4) is 0 Å². The summed E-state index contributed by atoms with van der Waals surface area (Å²) in [5.74, 6) is 0.170. The van der Waals surface area contributed by atoms with Gasteiger partial charge in [0.25, 0.3) is 0 Å². The molecular weight excluding hydrogens is 228 g/mol. The van der Waals surface area contributed by atoms with Crippen molar-refractivity contribution < 1.29 is 9.53 Å². The first kappa shape index (κ1) is 12.9. The highest BCUT2D eigenvalue weighted by molar-refractivity contribution is 5.96. The summed E-state index contributed by atoms with van der Waals surface area (Å²) in [6, 6.07) is 5.99. The number of amides is 1. The molecule has 1 aromatic rings. The van der Waals surface area contributed by atoms with Gasteiger partial charge < -0.3 is 15.4 Å². The van der Waals surface area contributed by atoms with Crippen LogP contribution in [0.4, 0.5) is 11.4 Å². The first-order chi connectivity index (χ1) is 8.63. The number of nitrogens with zero attached hydrogens (tertiary/aromatic N) is 1. The largest absolute Gasteiger partial charge is 0.399 e. The zero-order valence-corrected chi connectivity index (χ0v) is 11.0. The maximum absolute atomic E-state index is 12.2. The molecule has 1 aliphatic heterocycles. The smallest absolute Gasteiger partial charge is 0.227 e. The molecule has 0 radical (unpaired) electrons. The first-order valence-electron chi connectivity index (χ1n) is 6.33. The maximum Gasteiger partial charge on any atom is 0.227 e. The van der Waals surface area contributed by atoms with Crippen molar-refractivity contribution >= 4 is 17.3 Å². The molecule has 0 saturated heterocycles. The van der Waals surface area contributed by atoms with Crippen molar-refractivity contribution in [1.82, 2.24) is 0 Å². The van der Waals surface area contributed by atoms with Gasteiger partial charge in [-0.2, -0.15) is 0 Å². The normalized spacial score (nSPS) is 17.9. The Balaban J connectivity index is 2.12. The Bertz CT molecular complexity index is 445. The molecule has 4 heteroatoms. The van der Waals surface area contributed by atoms with Crippen LogP contribution in [0.5, 0.6) is 0 Å². The van der Waals surface area contributed by atoms with Gasteiger partial charge in [-0.25, -0.2) is 0 Å². The molecular formula is C14H20N2O2. The number of carbonyl (C=O) groups is 1. The molecule has 0 saturated carbocycles. The summed E-state index contributed by atoms with van der Waals surface area (Å²) >= 11 is 0. The van der Waals surface area contributed by atoms with Crippen molar-refractivity contribution in [2.45, 2.75) is 32.2 Å². The number of hydrogen-bond acceptors (Lipinski definition) is 3. The standard InChI is InChI=1S/C14H20N2O2/c1-10-8-11-9-12(15)5-6-13(11)16(10)14(17)4-3-7-18-2/h5-6,9-10H,3-4,7-8,15H2,1-2H3. The molecule has 1 amide bonds. The lowest BCUT2D eigenvalue weighted by Crippen LogP contribution is -2.35. The third-order valence-corrected chi connectivity index (χ3v) is 3.33. The van der Waals surface area contributed by atoms with Crippen molar-refractivity contribution in [3.05, 3.63) is 23.8 Å². The topological polar surface area (TPSA) is 55.6 Å². The van der Waals surface area contributed by atoms with Crippen LogP contribution in [-0.2, 0) is 16.0 Å². The average Bonchev–Trinajstić information content (AvgIpc) is 2.64. The van der Waals surface area contributed by atoms with Crippen molar-refractivity contribution in [2.75, 3.05) is 24.4 Å². The number of rotatable bonds is 4. The highest BCUT2D eigenvalue weighted by Gasteiger charge is 2.30. The lowest BCUT2D eigenvalue weighted by atomic mass is 10.1. The van der Waals surface area contributed by atoms with Crippen LogP contribution >= 0.6 is 0 Å². The number of hydrogen-bond donors (Lipinski definition) is 1. The zero-order chi connectivity index (χ0) is 13.1. The first-order valence-corrected chi connectivity index (χ1v) is 6.33. The molecule has 2 rings (SSSR count). The fourth-order valence-corrected chi connectivity index (χ4v) is 2.52. The van der Waals surface area contributed by atoms with E-state index in [1.807, 2.05) is 23.1 Å². The minimum absolute atomic E-state index is 0.170. The van der Waals surface area contributed by atoms with Gasteiger partial charge in [0.15, 0.2) is 0 Å². The van der Waals surface area contributed by atoms with Gasteiger partial charge in [0.05, 0.1) is 0 Å². The van der Waals surface area contributed by atoms with Gasteiger partial charge in [0.2, 0.25) is 5.91 Å². The lowest BCUT2D eigenvalue weighted by molar-refractivity contribution is -0.119. The van der Waals surface area contributed by atoms with Gasteiger partial charge in [0.1, 0.15) is 0 Å². The number of fused-ring (bicyclic) bond motifs is 1. The summed E-state index contributed by atoms with van der Waals surface area (Å²) in [5, 5.41) is 0. The number of benzene rings is 1. The van der Waals surface area contributed by atoms with Crippen LogP contribution in [0.1, 0.15) is 25.3 Å². The molecule has 4 nitrogen and oxygen atoms in total. The Morgan fingerprint density at radius 3 is 3.06 bits per heavy atom. The maximum atomic E-state index is 12.2. The SMILES string of the molecule is COCCCC(=O)N1c2ccc(N)cc2CC1C. The van der Waals surface area contributed by atoms with E-state index in [0.29, 0.717) is 13.0 Å². The average molecular weight is 248 g/mol. The molecule has 18 heavy (non-hydrogen) atoms. The number of methoxy groups -OCH3 is 1. The van der Waals surface area contributed by atoms with Crippen LogP contribution < -0.4 is 10.6 Å². The van der Waals surface area contributed by atoms with Crippen LogP contribution in [0.15, 0.2) is 18.2 Å². The van der Waals surface area contributed by atoms with Crippen molar-refractivity contribution in [2.24, 2.45) is 0 Å². The Labute approximate surface area is 108 Å². The molecule has 0 aliphatic carbocycles. The Morgan fingerprint density at radius 1 is 1.56 bits per heavy atom. The number of ether oxygens (including phenoxy) is 1. The third kappa shape index (κ3) is 2.48. The minimum Gasteiger partial charge on any atom is -0.399 e. The summed E-state index contributed by atoms with van der Waals surface area (Å²) in [6.07, 6.45) is 2.18. The van der Waals surface area contributed by atoms with Gasteiger partial charge in [-0.15, -0.1) is 0 Å². The minimum atomic E-state index is 0.170. The van der Waals surface area contributed by atoms with E-state index in [0.717, 1.165) is 24.2 Å². The van der Waals surface area contributed by atoms with Gasteiger partial charge in [-0.3, -0.25) is 4.79 Å². The summed E-state index contributed by atoms with van der Waals surface area (Å²) < 4.78 is 4.98. The van der Waals surface area contributed by atoms with Gasteiger partial charge in [0, 0.05) is 37.6 Å². The molecule has 1 heterocycles.